The molecule has 0 radical (unpaired) electrons. The van der Waals surface area contributed by atoms with Gasteiger partial charge in [0.05, 0.1) is 13.2 Å². The monoisotopic (exact) mass is 308 g/mol. The summed E-state index contributed by atoms with van der Waals surface area (Å²) in [7, 11) is 0. The minimum absolute atomic E-state index is 0.137. The van der Waals surface area contributed by atoms with Crippen molar-refractivity contribution in [2.24, 2.45) is 0 Å². The largest absolute Gasteiger partial charge is 0.493 e. The molecule has 1 aromatic carbocycles. The highest BCUT2D eigenvalue weighted by Crippen LogP contribution is 2.25. The van der Waals surface area contributed by atoms with Crippen molar-refractivity contribution >= 4 is 5.97 Å². The first-order valence-corrected chi connectivity index (χ1v) is 8.22. The second-order valence-electron chi connectivity index (χ2n) is 5.49. The third-order valence-electron chi connectivity index (χ3n) is 3.47. The number of carbonyl (C=O) groups excluding carboxylic acids is 1. The minimum atomic E-state index is -0.374. The summed E-state index contributed by atoms with van der Waals surface area (Å²) in [5, 5.41) is 9.38. The predicted octanol–water partition coefficient (Wildman–Crippen LogP) is 4.23. The average molecular weight is 308 g/mol. The topological polar surface area (TPSA) is 55.8 Å². The molecule has 0 bridgehead atoms. The Bertz CT molecular complexity index is 443. The zero-order chi connectivity index (χ0) is 16.2. The van der Waals surface area contributed by atoms with E-state index in [2.05, 4.69) is 6.92 Å². The molecule has 0 spiro atoms. The Balaban J connectivity index is 2.31. The van der Waals surface area contributed by atoms with Crippen molar-refractivity contribution in [3.05, 3.63) is 23.8 Å². The van der Waals surface area contributed by atoms with Gasteiger partial charge in [0, 0.05) is 12.5 Å². The molecule has 0 unspecified atom stereocenters. The Morgan fingerprint density at radius 3 is 2.41 bits per heavy atom. The smallest absolute Gasteiger partial charge is 0.308 e. The highest BCUT2D eigenvalue weighted by Gasteiger charge is 2.06. The number of aliphatic hydroxyl groups excluding tert-OH is 1. The Hall–Kier alpha value is -1.55. The molecule has 4 heteroatoms. The Kier molecular flexibility index (Phi) is 9.31. The summed E-state index contributed by atoms with van der Waals surface area (Å²) in [6.45, 7) is 4.08. The lowest BCUT2D eigenvalue weighted by atomic mass is 10.1. The van der Waals surface area contributed by atoms with Crippen LogP contribution in [0.5, 0.6) is 11.5 Å². The SMILES string of the molecule is CCCCCCCCCOc1ccc(OC(C)=O)cc1CO. The van der Waals surface area contributed by atoms with Crippen molar-refractivity contribution in [1.82, 2.24) is 0 Å². The van der Waals surface area contributed by atoms with Crippen LogP contribution in [0.2, 0.25) is 0 Å². The first-order chi connectivity index (χ1) is 10.7. The number of ether oxygens (including phenoxy) is 2. The molecule has 0 amide bonds. The van der Waals surface area contributed by atoms with Crippen LogP contribution in [0.25, 0.3) is 0 Å². The molecule has 0 atom stereocenters. The van der Waals surface area contributed by atoms with Crippen molar-refractivity contribution in [2.45, 2.75) is 65.4 Å². The Morgan fingerprint density at radius 2 is 1.77 bits per heavy atom. The van der Waals surface area contributed by atoms with Gasteiger partial charge in [0.25, 0.3) is 0 Å². The van der Waals surface area contributed by atoms with Crippen LogP contribution in [-0.4, -0.2) is 17.7 Å². The molecule has 0 aromatic heterocycles. The van der Waals surface area contributed by atoms with Crippen molar-refractivity contribution in [1.29, 1.82) is 0 Å². The van der Waals surface area contributed by atoms with E-state index in [9.17, 15) is 9.90 Å². The van der Waals surface area contributed by atoms with Crippen LogP contribution in [0.4, 0.5) is 0 Å². The number of benzene rings is 1. The number of rotatable bonds is 11. The quantitative estimate of drug-likeness (QED) is 0.377. The summed E-state index contributed by atoms with van der Waals surface area (Å²) in [6.07, 6.45) is 8.66. The van der Waals surface area contributed by atoms with Gasteiger partial charge in [-0.05, 0) is 24.6 Å². The second-order valence-corrected chi connectivity index (χ2v) is 5.49. The fourth-order valence-electron chi connectivity index (χ4n) is 2.29. The molecule has 1 N–H and O–H groups in total. The average Bonchev–Trinajstić information content (AvgIpc) is 2.50. The molecule has 124 valence electrons. The molecular weight excluding hydrogens is 280 g/mol. The summed E-state index contributed by atoms with van der Waals surface area (Å²) in [4.78, 5) is 10.9. The molecule has 0 fully saturated rings. The van der Waals surface area contributed by atoms with E-state index in [1.54, 1.807) is 18.2 Å². The van der Waals surface area contributed by atoms with Gasteiger partial charge in [-0.25, -0.2) is 0 Å². The lowest BCUT2D eigenvalue weighted by Gasteiger charge is -2.11. The number of esters is 1. The number of carbonyl (C=O) groups is 1. The van der Waals surface area contributed by atoms with Gasteiger partial charge in [-0.3, -0.25) is 4.79 Å². The second kappa shape index (κ2) is 11.1. The molecule has 22 heavy (non-hydrogen) atoms. The van der Waals surface area contributed by atoms with Gasteiger partial charge in [0.2, 0.25) is 0 Å². The maximum absolute atomic E-state index is 10.9. The zero-order valence-electron chi connectivity index (χ0n) is 13.8. The first-order valence-electron chi connectivity index (χ1n) is 8.22. The van der Waals surface area contributed by atoms with Gasteiger partial charge in [-0.1, -0.05) is 45.4 Å². The zero-order valence-corrected chi connectivity index (χ0v) is 13.8. The Morgan fingerprint density at radius 1 is 1.09 bits per heavy atom. The number of hydrogen-bond acceptors (Lipinski definition) is 4. The van der Waals surface area contributed by atoms with Crippen LogP contribution < -0.4 is 9.47 Å². The third kappa shape index (κ3) is 7.46. The van der Waals surface area contributed by atoms with Gasteiger partial charge in [-0.15, -0.1) is 0 Å². The normalized spacial score (nSPS) is 10.5. The summed E-state index contributed by atoms with van der Waals surface area (Å²) in [5.41, 5.74) is 0.640. The highest BCUT2D eigenvalue weighted by molar-refractivity contribution is 5.69. The third-order valence-corrected chi connectivity index (χ3v) is 3.47. The van der Waals surface area contributed by atoms with Gasteiger partial charge in [0.15, 0.2) is 0 Å². The van der Waals surface area contributed by atoms with E-state index in [1.807, 2.05) is 0 Å². The fraction of sp³-hybridized carbons (Fsp3) is 0.611. The molecule has 0 heterocycles. The van der Waals surface area contributed by atoms with Crippen molar-refractivity contribution in [2.75, 3.05) is 6.61 Å². The van der Waals surface area contributed by atoms with Crippen LogP contribution in [0, 0.1) is 0 Å². The van der Waals surface area contributed by atoms with E-state index >= 15 is 0 Å². The van der Waals surface area contributed by atoms with Gasteiger partial charge >= 0.3 is 5.97 Å². The summed E-state index contributed by atoms with van der Waals surface area (Å²) >= 11 is 0. The molecule has 0 aliphatic carbocycles. The van der Waals surface area contributed by atoms with E-state index in [0.29, 0.717) is 23.7 Å². The van der Waals surface area contributed by atoms with E-state index < -0.39 is 0 Å². The van der Waals surface area contributed by atoms with E-state index in [0.717, 1.165) is 6.42 Å². The Labute approximate surface area is 133 Å². The lowest BCUT2D eigenvalue weighted by Crippen LogP contribution is -2.04. The first kappa shape index (κ1) is 18.5. The van der Waals surface area contributed by atoms with Crippen LogP contribution >= 0.6 is 0 Å². The summed E-state index contributed by atoms with van der Waals surface area (Å²) in [5.74, 6) is 0.713. The van der Waals surface area contributed by atoms with Gasteiger partial charge in [-0.2, -0.15) is 0 Å². The molecule has 4 nitrogen and oxygen atoms in total. The lowest BCUT2D eigenvalue weighted by molar-refractivity contribution is -0.131. The number of unbranched alkanes of at least 4 members (excludes halogenated alkanes) is 6. The maximum atomic E-state index is 10.9. The molecule has 0 saturated carbocycles. The molecular formula is C18H28O4. The summed E-state index contributed by atoms with van der Waals surface area (Å²) in [6, 6.07) is 5.06. The molecule has 0 saturated heterocycles. The summed E-state index contributed by atoms with van der Waals surface area (Å²) < 4.78 is 10.7. The molecule has 0 aliphatic rings. The van der Waals surface area contributed by atoms with E-state index in [4.69, 9.17) is 9.47 Å². The van der Waals surface area contributed by atoms with Crippen LogP contribution in [-0.2, 0) is 11.4 Å². The molecule has 0 aliphatic heterocycles. The van der Waals surface area contributed by atoms with Crippen LogP contribution in [0.3, 0.4) is 0 Å². The standard InChI is InChI=1S/C18H28O4/c1-3-4-5-6-7-8-9-12-21-18-11-10-17(22-15(2)20)13-16(18)14-19/h10-11,13,19H,3-9,12,14H2,1-2H3. The van der Waals surface area contributed by atoms with Crippen molar-refractivity contribution in [3.8, 4) is 11.5 Å². The number of aliphatic hydroxyl groups is 1. The number of hydrogen-bond donors (Lipinski definition) is 1. The van der Waals surface area contributed by atoms with Crippen molar-refractivity contribution < 1.29 is 19.4 Å². The van der Waals surface area contributed by atoms with E-state index in [-0.39, 0.29) is 12.6 Å². The van der Waals surface area contributed by atoms with Crippen LogP contribution in [0.15, 0.2) is 18.2 Å². The molecule has 1 aromatic rings. The molecule has 1 rings (SSSR count). The van der Waals surface area contributed by atoms with Gasteiger partial charge < -0.3 is 14.6 Å². The van der Waals surface area contributed by atoms with Crippen LogP contribution in [0.1, 0.15) is 64.4 Å². The maximum Gasteiger partial charge on any atom is 0.308 e. The fourth-order valence-corrected chi connectivity index (χ4v) is 2.29. The van der Waals surface area contributed by atoms with Gasteiger partial charge in [0.1, 0.15) is 11.5 Å². The minimum Gasteiger partial charge on any atom is -0.493 e. The van der Waals surface area contributed by atoms with Crippen molar-refractivity contribution in [3.63, 3.8) is 0 Å². The highest BCUT2D eigenvalue weighted by atomic mass is 16.5. The predicted molar refractivity (Wildman–Crippen MR) is 87.2 cm³/mol. The van der Waals surface area contributed by atoms with E-state index in [1.165, 1.54) is 45.4 Å².